The molecular formula is C16H9F7N2O2. The Bertz CT molecular complexity index is 844. The second kappa shape index (κ2) is 7.25. The third kappa shape index (κ3) is 5.19. The summed E-state index contributed by atoms with van der Waals surface area (Å²) in [5.74, 6) is -3.95. The highest BCUT2D eigenvalue weighted by Crippen LogP contribution is 2.37. The van der Waals surface area contributed by atoms with Crippen LogP contribution in [0.4, 0.5) is 42.1 Å². The van der Waals surface area contributed by atoms with Gasteiger partial charge in [0.1, 0.15) is 5.82 Å². The highest BCUT2D eigenvalue weighted by atomic mass is 19.4. The first-order chi connectivity index (χ1) is 12.4. The molecule has 2 rings (SSSR count). The van der Waals surface area contributed by atoms with Crippen LogP contribution in [0.3, 0.4) is 0 Å². The monoisotopic (exact) mass is 394 g/mol. The van der Waals surface area contributed by atoms with Crippen molar-refractivity contribution in [1.29, 1.82) is 0 Å². The minimum atomic E-state index is -5.11. The molecule has 0 bridgehead atoms. The van der Waals surface area contributed by atoms with Crippen LogP contribution >= 0.6 is 0 Å². The number of para-hydroxylation sites is 1. The van der Waals surface area contributed by atoms with Crippen LogP contribution in [0.1, 0.15) is 11.1 Å². The summed E-state index contributed by atoms with van der Waals surface area (Å²) in [6, 6.07) is 5.05. The molecule has 0 unspecified atom stereocenters. The number of rotatable bonds is 2. The van der Waals surface area contributed by atoms with Gasteiger partial charge in [0.15, 0.2) is 0 Å². The van der Waals surface area contributed by atoms with Crippen molar-refractivity contribution in [1.82, 2.24) is 0 Å². The van der Waals surface area contributed by atoms with Gasteiger partial charge in [-0.25, -0.2) is 4.39 Å². The smallest absolute Gasteiger partial charge is 0.318 e. The Balaban J connectivity index is 2.26. The van der Waals surface area contributed by atoms with Crippen LogP contribution in [0.25, 0.3) is 0 Å². The van der Waals surface area contributed by atoms with E-state index in [1.165, 1.54) is 12.1 Å². The lowest BCUT2D eigenvalue weighted by atomic mass is 10.1. The Morgan fingerprint density at radius 2 is 1.22 bits per heavy atom. The van der Waals surface area contributed by atoms with Crippen LogP contribution in [-0.2, 0) is 21.9 Å². The van der Waals surface area contributed by atoms with Crippen LogP contribution in [0.15, 0.2) is 42.5 Å². The summed E-state index contributed by atoms with van der Waals surface area (Å²) in [5.41, 5.74) is -4.62. The van der Waals surface area contributed by atoms with Crippen molar-refractivity contribution in [3.63, 3.8) is 0 Å². The van der Waals surface area contributed by atoms with Gasteiger partial charge in [0, 0.05) is 5.69 Å². The maximum Gasteiger partial charge on any atom is 0.416 e. The third-order valence-corrected chi connectivity index (χ3v) is 3.17. The van der Waals surface area contributed by atoms with Crippen LogP contribution < -0.4 is 10.6 Å². The van der Waals surface area contributed by atoms with E-state index in [0.29, 0.717) is 0 Å². The largest absolute Gasteiger partial charge is 0.416 e. The average molecular weight is 394 g/mol. The Morgan fingerprint density at radius 1 is 0.741 bits per heavy atom. The van der Waals surface area contributed by atoms with E-state index in [-0.39, 0.29) is 18.2 Å². The van der Waals surface area contributed by atoms with E-state index < -0.39 is 52.5 Å². The molecule has 0 aliphatic carbocycles. The highest BCUT2D eigenvalue weighted by molar-refractivity contribution is 6.43. The predicted octanol–water partition coefficient (Wildman–Crippen LogP) is 4.44. The van der Waals surface area contributed by atoms with Gasteiger partial charge in [0.2, 0.25) is 0 Å². The Labute approximate surface area is 147 Å². The van der Waals surface area contributed by atoms with E-state index in [4.69, 9.17) is 0 Å². The molecule has 4 nitrogen and oxygen atoms in total. The number of amides is 2. The zero-order chi connectivity index (χ0) is 20.4. The molecule has 11 heteroatoms. The average Bonchev–Trinajstić information content (AvgIpc) is 2.55. The summed E-state index contributed by atoms with van der Waals surface area (Å²) in [6.45, 7) is 0. The highest BCUT2D eigenvalue weighted by Gasteiger charge is 2.37. The number of alkyl halides is 6. The molecule has 2 amide bonds. The van der Waals surface area contributed by atoms with Gasteiger partial charge in [-0.1, -0.05) is 12.1 Å². The van der Waals surface area contributed by atoms with Gasteiger partial charge in [0.05, 0.1) is 16.8 Å². The number of hydrogen-bond donors (Lipinski definition) is 2. The molecule has 0 saturated carbocycles. The fourth-order valence-electron chi connectivity index (χ4n) is 1.96. The van der Waals surface area contributed by atoms with Gasteiger partial charge < -0.3 is 10.6 Å². The Hall–Kier alpha value is -3.11. The van der Waals surface area contributed by atoms with E-state index in [1.807, 2.05) is 5.32 Å². The van der Waals surface area contributed by atoms with Crippen molar-refractivity contribution < 1.29 is 40.3 Å². The fourth-order valence-corrected chi connectivity index (χ4v) is 1.96. The van der Waals surface area contributed by atoms with Crippen LogP contribution in [0, 0.1) is 5.82 Å². The molecule has 2 aromatic rings. The number of carbonyl (C=O) groups is 2. The number of benzene rings is 2. The van der Waals surface area contributed by atoms with E-state index in [9.17, 15) is 40.3 Å². The van der Waals surface area contributed by atoms with E-state index >= 15 is 0 Å². The topological polar surface area (TPSA) is 58.2 Å². The van der Waals surface area contributed by atoms with Crippen molar-refractivity contribution in [2.24, 2.45) is 0 Å². The first-order valence-corrected chi connectivity index (χ1v) is 7.04. The summed E-state index contributed by atoms with van der Waals surface area (Å²) in [5, 5.41) is 3.48. The second-order valence-corrected chi connectivity index (χ2v) is 5.18. The molecule has 0 aromatic heterocycles. The fraction of sp³-hybridized carbons (Fsp3) is 0.125. The summed E-state index contributed by atoms with van der Waals surface area (Å²) < 4.78 is 90.0. The van der Waals surface area contributed by atoms with Gasteiger partial charge in [-0.05, 0) is 30.3 Å². The molecule has 0 aliphatic heterocycles. The molecule has 0 spiro atoms. The maximum absolute atomic E-state index is 13.4. The van der Waals surface area contributed by atoms with Crippen LogP contribution in [0.2, 0.25) is 0 Å². The van der Waals surface area contributed by atoms with Gasteiger partial charge in [0.25, 0.3) is 0 Å². The van der Waals surface area contributed by atoms with E-state index in [2.05, 4.69) is 0 Å². The zero-order valence-corrected chi connectivity index (χ0v) is 13.0. The Kier molecular flexibility index (Phi) is 5.43. The van der Waals surface area contributed by atoms with Crippen LogP contribution in [-0.4, -0.2) is 11.8 Å². The molecule has 27 heavy (non-hydrogen) atoms. The molecule has 2 N–H and O–H groups in total. The number of halogens is 7. The summed E-state index contributed by atoms with van der Waals surface area (Å²) in [4.78, 5) is 23.4. The van der Waals surface area contributed by atoms with Gasteiger partial charge >= 0.3 is 24.2 Å². The van der Waals surface area contributed by atoms with Crippen molar-refractivity contribution in [3.8, 4) is 0 Å². The SMILES string of the molecule is O=C(Nc1cc(C(F)(F)F)cc(C(F)(F)F)c1)C(=O)Nc1ccccc1F. The molecular weight excluding hydrogens is 385 g/mol. The number of nitrogens with one attached hydrogen (secondary N) is 2. The summed E-state index contributed by atoms with van der Waals surface area (Å²) in [7, 11) is 0. The van der Waals surface area contributed by atoms with Crippen molar-refractivity contribution >= 4 is 23.2 Å². The van der Waals surface area contributed by atoms with Gasteiger partial charge in [-0.2, -0.15) is 26.3 Å². The van der Waals surface area contributed by atoms with Crippen molar-refractivity contribution in [2.75, 3.05) is 10.6 Å². The second-order valence-electron chi connectivity index (χ2n) is 5.18. The third-order valence-electron chi connectivity index (χ3n) is 3.17. The molecule has 0 saturated heterocycles. The summed E-state index contributed by atoms with van der Waals surface area (Å²) in [6.07, 6.45) is -10.2. The number of anilines is 2. The van der Waals surface area contributed by atoms with Gasteiger partial charge in [-0.3, -0.25) is 9.59 Å². The summed E-state index contributed by atoms with van der Waals surface area (Å²) >= 11 is 0. The van der Waals surface area contributed by atoms with Crippen molar-refractivity contribution in [3.05, 3.63) is 59.4 Å². The molecule has 0 radical (unpaired) electrons. The quantitative estimate of drug-likeness (QED) is 0.585. The van der Waals surface area contributed by atoms with E-state index in [0.717, 1.165) is 12.1 Å². The van der Waals surface area contributed by atoms with Gasteiger partial charge in [-0.15, -0.1) is 0 Å². The van der Waals surface area contributed by atoms with Crippen LogP contribution in [0.5, 0.6) is 0 Å². The first-order valence-electron chi connectivity index (χ1n) is 7.04. The molecule has 144 valence electrons. The standard InChI is InChI=1S/C16H9F7N2O2/c17-11-3-1-2-4-12(11)25-14(27)13(26)24-10-6-8(15(18,19)20)5-9(7-10)16(21,22)23/h1-7H,(H,24,26)(H,25,27). The normalized spacial score (nSPS) is 11.8. The molecule has 0 fully saturated rings. The first kappa shape index (κ1) is 20.2. The predicted molar refractivity (Wildman–Crippen MR) is 80.1 cm³/mol. The minimum absolute atomic E-state index is 0.130. The Morgan fingerprint density at radius 3 is 1.70 bits per heavy atom. The lowest BCUT2D eigenvalue weighted by molar-refractivity contribution is -0.143. The molecule has 0 heterocycles. The zero-order valence-electron chi connectivity index (χ0n) is 13.0. The molecule has 0 atom stereocenters. The number of carbonyl (C=O) groups excluding carboxylic acids is 2. The lowest BCUT2D eigenvalue weighted by Gasteiger charge is -2.14. The molecule has 0 aliphatic rings. The molecule has 2 aromatic carbocycles. The maximum atomic E-state index is 13.4. The minimum Gasteiger partial charge on any atom is -0.318 e. The lowest BCUT2D eigenvalue weighted by Crippen LogP contribution is -2.29. The van der Waals surface area contributed by atoms with E-state index in [1.54, 1.807) is 5.32 Å². The van der Waals surface area contributed by atoms with Crippen molar-refractivity contribution in [2.45, 2.75) is 12.4 Å². The number of hydrogen-bond acceptors (Lipinski definition) is 2.